The molecule has 0 spiro atoms. The monoisotopic (exact) mass is 525 g/mol. The third kappa shape index (κ3) is 13.0. The maximum absolute atomic E-state index is 12.8. The highest BCUT2D eigenvalue weighted by molar-refractivity contribution is 7.85. The number of carbonyl (C=O) groups is 2. The maximum Gasteiger partial charge on any atom is 0.363 e. The molecular weight excluding hydrogens is 476 g/mol. The van der Waals surface area contributed by atoms with Crippen LogP contribution in [0, 0.1) is 5.41 Å². The highest BCUT2D eigenvalue weighted by atomic mass is 32.2. The number of aliphatic carboxylic acids is 1. The van der Waals surface area contributed by atoms with Gasteiger partial charge in [0.25, 0.3) is 10.1 Å². The smallest absolute Gasteiger partial charge is 0.363 e. The second-order valence-electron chi connectivity index (χ2n) is 10.5. The molecular formula is C24H49N2O8S+. The molecule has 2 atom stereocenters. The number of carboxylic acids is 1. The molecule has 0 bridgehead atoms. The van der Waals surface area contributed by atoms with Crippen molar-refractivity contribution < 1.29 is 42.4 Å². The molecule has 0 rings (SSSR count). The SMILES string of the molecule is CCCCCCCCCCCC(=O)NC(CS(=O)(=O)O)C(CCO)(CCO)C(C(=O)O)[N+](C)(C)C. The zero-order valence-electron chi connectivity index (χ0n) is 22.0. The van der Waals surface area contributed by atoms with E-state index in [1.54, 1.807) is 21.1 Å². The molecule has 10 nitrogen and oxygen atoms in total. The minimum atomic E-state index is -4.61. The van der Waals surface area contributed by atoms with Crippen LogP contribution in [0.1, 0.15) is 84.0 Å². The number of aliphatic hydroxyl groups excluding tert-OH is 2. The molecule has 0 aromatic carbocycles. The molecule has 11 heteroatoms. The summed E-state index contributed by atoms with van der Waals surface area (Å²) in [5, 5.41) is 32.3. The first kappa shape index (κ1) is 33.7. The van der Waals surface area contributed by atoms with E-state index in [0.717, 1.165) is 25.7 Å². The van der Waals surface area contributed by atoms with Gasteiger partial charge in [0, 0.05) is 19.6 Å². The van der Waals surface area contributed by atoms with Crippen molar-refractivity contribution in [3.05, 3.63) is 0 Å². The third-order valence-electron chi connectivity index (χ3n) is 6.62. The lowest BCUT2D eigenvalue weighted by molar-refractivity contribution is -0.895. The number of nitrogens with zero attached hydrogens (tertiary/aromatic N) is 1. The van der Waals surface area contributed by atoms with Gasteiger partial charge >= 0.3 is 5.97 Å². The average Bonchev–Trinajstić information content (AvgIpc) is 2.70. The van der Waals surface area contributed by atoms with Crippen LogP contribution in [0.3, 0.4) is 0 Å². The zero-order chi connectivity index (χ0) is 27.1. The van der Waals surface area contributed by atoms with Gasteiger partial charge in [-0.15, -0.1) is 0 Å². The number of rotatable bonds is 21. The molecule has 0 saturated carbocycles. The van der Waals surface area contributed by atoms with Gasteiger partial charge in [-0.25, -0.2) is 4.79 Å². The first-order valence-corrected chi connectivity index (χ1v) is 14.4. The molecule has 0 aromatic heterocycles. The van der Waals surface area contributed by atoms with Crippen LogP contribution < -0.4 is 5.32 Å². The Morgan fingerprint density at radius 1 is 0.886 bits per heavy atom. The lowest BCUT2D eigenvalue weighted by atomic mass is 9.68. The van der Waals surface area contributed by atoms with Gasteiger partial charge in [-0.2, -0.15) is 8.42 Å². The van der Waals surface area contributed by atoms with Gasteiger partial charge in [0.05, 0.1) is 38.4 Å². The summed E-state index contributed by atoms with van der Waals surface area (Å²) in [7, 11) is 0.210. The molecule has 5 N–H and O–H groups in total. The standard InChI is InChI=1S/C24H48N2O8S/c1-5-6-7-8-9-10-11-12-13-14-21(29)25-20(19-35(32,33)34)24(15-17-27,16-18-28)22(23(30)31)26(2,3)4/h20,22,27-28H,5-19H2,1-4H3,(H2-,25,29,30,31,32,33,34)/p+1. The third-order valence-corrected chi connectivity index (χ3v) is 7.38. The Kier molecular flexibility index (Phi) is 15.9. The van der Waals surface area contributed by atoms with Crippen LogP contribution in [0.2, 0.25) is 0 Å². The van der Waals surface area contributed by atoms with Crippen LogP contribution in [-0.2, 0) is 19.7 Å². The average molecular weight is 526 g/mol. The molecule has 0 aliphatic heterocycles. The Morgan fingerprint density at radius 2 is 1.34 bits per heavy atom. The van der Waals surface area contributed by atoms with E-state index >= 15 is 0 Å². The molecule has 0 radical (unpaired) electrons. The Balaban J connectivity index is 5.57. The molecule has 35 heavy (non-hydrogen) atoms. The number of carboxylic acid groups (broad SMARTS) is 1. The topological polar surface area (TPSA) is 161 Å². The molecule has 0 aliphatic rings. The number of quaternary nitrogens is 1. The van der Waals surface area contributed by atoms with Gasteiger partial charge in [-0.1, -0.05) is 58.3 Å². The van der Waals surface area contributed by atoms with Crippen LogP contribution >= 0.6 is 0 Å². The number of amides is 1. The van der Waals surface area contributed by atoms with E-state index in [9.17, 15) is 37.9 Å². The molecule has 2 unspecified atom stereocenters. The zero-order valence-corrected chi connectivity index (χ0v) is 22.9. The summed E-state index contributed by atoms with van der Waals surface area (Å²) in [6.07, 6.45) is 9.36. The minimum absolute atomic E-state index is 0.133. The molecule has 0 heterocycles. The Morgan fingerprint density at radius 3 is 1.71 bits per heavy atom. The molecule has 0 saturated heterocycles. The summed E-state index contributed by atoms with van der Waals surface area (Å²) < 4.78 is 33.2. The van der Waals surface area contributed by atoms with Gasteiger partial charge in [-0.05, 0) is 19.3 Å². The number of likely N-dealkylation sites (N-methyl/N-ethyl adjacent to an activating group) is 1. The Hall–Kier alpha value is -1.27. The van der Waals surface area contributed by atoms with Crippen molar-refractivity contribution in [3.63, 3.8) is 0 Å². The lowest BCUT2D eigenvalue weighted by Gasteiger charge is -2.48. The fourth-order valence-corrected chi connectivity index (χ4v) is 5.96. The maximum atomic E-state index is 12.8. The van der Waals surface area contributed by atoms with Crippen LogP contribution in [0.25, 0.3) is 0 Å². The quantitative estimate of drug-likeness (QED) is 0.0865. The largest absolute Gasteiger partial charge is 0.477 e. The normalized spacial score (nSPS) is 14.5. The number of hydrogen-bond acceptors (Lipinski definition) is 6. The lowest BCUT2D eigenvalue weighted by Crippen LogP contribution is -2.67. The predicted octanol–water partition coefficient (Wildman–Crippen LogP) is 2.19. The molecule has 208 valence electrons. The second-order valence-corrected chi connectivity index (χ2v) is 12.0. The molecule has 0 fully saturated rings. The summed E-state index contributed by atoms with van der Waals surface area (Å²) in [6.45, 7) is 1.20. The fourth-order valence-electron chi connectivity index (χ4n) is 5.13. The second kappa shape index (κ2) is 16.5. The Bertz CT molecular complexity index is 716. The number of hydrogen-bond donors (Lipinski definition) is 5. The van der Waals surface area contributed by atoms with E-state index in [4.69, 9.17) is 0 Å². The van der Waals surface area contributed by atoms with E-state index < -0.39 is 58.5 Å². The highest BCUT2D eigenvalue weighted by Crippen LogP contribution is 2.40. The fraction of sp³-hybridized carbons (Fsp3) is 0.917. The van der Waals surface area contributed by atoms with Crippen molar-refractivity contribution in [1.29, 1.82) is 0 Å². The van der Waals surface area contributed by atoms with Crippen molar-refractivity contribution in [2.75, 3.05) is 40.1 Å². The van der Waals surface area contributed by atoms with Gasteiger partial charge in [-0.3, -0.25) is 9.35 Å². The minimum Gasteiger partial charge on any atom is -0.477 e. The van der Waals surface area contributed by atoms with E-state index in [-0.39, 0.29) is 23.7 Å². The van der Waals surface area contributed by atoms with E-state index in [0.29, 0.717) is 6.42 Å². The summed E-state index contributed by atoms with van der Waals surface area (Å²) in [6, 6.07) is -2.59. The van der Waals surface area contributed by atoms with Crippen LogP contribution in [0.15, 0.2) is 0 Å². The predicted molar refractivity (Wildman–Crippen MR) is 135 cm³/mol. The van der Waals surface area contributed by atoms with E-state index in [2.05, 4.69) is 12.2 Å². The highest BCUT2D eigenvalue weighted by Gasteiger charge is 2.56. The first-order valence-electron chi connectivity index (χ1n) is 12.7. The van der Waals surface area contributed by atoms with Gasteiger partial charge in [0.15, 0.2) is 6.04 Å². The molecule has 0 aliphatic carbocycles. The van der Waals surface area contributed by atoms with Crippen molar-refractivity contribution >= 4 is 22.0 Å². The van der Waals surface area contributed by atoms with Crippen LogP contribution in [0.4, 0.5) is 0 Å². The van der Waals surface area contributed by atoms with Gasteiger partial charge in [0.2, 0.25) is 5.91 Å². The summed E-state index contributed by atoms with van der Waals surface area (Å²) in [5.41, 5.74) is -1.53. The van der Waals surface area contributed by atoms with Gasteiger partial charge in [0.1, 0.15) is 0 Å². The van der Waals surface area contributed by atoms with Crippen molar-refractivity contribution in [1.82, 2.24) is 5.32 Å². The van der Waals surface area contributed by atoms with Crippen LogP contribution in [-0.4, -0.2) is 96.8 Å². The van der Waals surface area contributed by atoms with E-state index in [1.807, 2.05) is 0 Å². The number of nitrogens with one attached hydrogen (secondary N) is 1. The van der Waals surface area contributed by atoms with Gasteiger partial charge < -0.3 is 25.1 Å². The van der Waals surface area contributed by atoms with E-state index in [1.165, 1.54) is 25.7 Å². The summed E-state index contributed by atoms with van der Waals surface area (Å²) in [5.74, 6) is -2.62. The number of aliphatic hydroxyl groups is 2. The molecule has 1 amide bonds. The summed E-state index contributed by atoms with van der Waals surface area (Å²) >= 11 is 0. The van der Waals surface area contributed by atoms with Crippen LogP contribution in [0.5, 0.6) is 0 Å². The first-order chi connectivity index (χ1) is 16.2. The summed E-state index contributed by atoms with van der Waals surface area (Å²) in [4.78, 5) is 25.1. The molecule has 0 aromatic rings. The van der Waals surface area contributed by atoms with Crippen molar-refractivity contribution in [2.45, 2.75) is 96.1 Å². The number of unbranched alkanes of at least 4 members (excludes halogenated alkanes) is 8. The van der Waals surface area contributed by atoms with Crippen molar-refractivity contribution in [2.24, 2.45) is 5.41 Å². The number of carbonyl (C=O) groups excluding carboxylic acids is 1. The Labute approximate surface area is 211 Å². The van der Waals surface area contributed by atoms with Crippen molar-refractivity contribution in [3.8, 4) is 0 Å².